The van der Waals surface area contributed by atoms with Gasteiger partial charge in [-0.25, -0.2) is 17.8 Å². The molecule has 11 heteroatoms. The van der Waals surface area contributed by atoms with Gasteiger partial charge in [0.25, 0.3) is 5.91 Å². The number of nitrogens with one attached hydrogen (secondary N) is 1. The number of sulfone groups is 1. The lowest BCUT2D eigenvalue weighted by atomic mass is 10.1. The molecule has 2 aromatic carbocycles. The first-order chi connectivity index (χ1) is 15.7. The van der Waals surface area contributed by atoms with Crippen LogP contribution in [0.15, 0.2) is 47.4 Å². The Morgan fingerprint density at radius 2 is 2.06 bits per heavy atom. The van der Waals surface area contributed by atoms with Crippen molar-refractivity contribution in [2.24, 2.45) is 0 Å². The van der Waals surface area contributed by atoms with E-state index in [0.29, 0.717) is 34.2 Å². The first kappa shape index (κ1) is 23.3. The first-order valence-electron chi connectivity index (χ1n) is 10.1. The number of rotatable bonds is 6. The third-order valence-electron chi connectivity index (χ3n) is 5.19. The van der Waals surface area contributed by atoms with Crippen molar-refractivity contribution in [1.82, 2.24) is 4.98 Å². The third kappa shape index (κ3) is 4.92. The van der Waals surface area contributed by atoms with E-state index in [1.165, 1.54) is 19.1 Å². The maximum Gasteiger partial charge on any atom is 0.270 e. The molecule has 0 bridgehead atoms. The van der Waals surface area contributed by atoms with Gasteiger partial charge in [0, 0.05) is 23.7 Å². The molecule has 172 valence electrons. The second kappa shape index (κ2) is 9.20. The molecule has 0 unspecified atom stereocenters. The van der Waals surface area contributed by atoms with E-state index in [-0.39, 0.29) is 33.7 Å². The van der Waals surface area contributed by atoms with E-state index in [0.717, 1.165) is 17.4 Å². The third-order valence-corrected chi connectivity index (χ3v) is 8.16. The molecule has 0 fully saturated rings. The molecule has 0 saturated heterocycles. The summed E-state index contributed by atoms with van der Waals surface area (Å²) in [6.07, 6.45) is 0.215. The first-order valence-corrected chi connectivity index (χ1v) is 12.9. The van der Waals surface area contributed by atoms with Crippen LogP contribution in [-0.2, 0) is 27.5 Å². The van der Waals surface area contributed by atoms with Crippen molar-refractivity contribution >= 4 is 55.4 Å². The molecule has 1 N–H and O–H groups in total. The van der Waals surface area contributed by atoms with E-state index in [9.17, 15) is 22.4 Å². The fraction of sp³-hybridized carbons (Fsp3) is 0.227. The number of amides is 2. The van der Waals surface area contributed by atoms with Gasteiger partial charge < -0.3 is 10.2 Å². The molecule has 0 spiro atoms. The zero-order valence-electron chi connectivity index (χ0n) is 17.5. The molecule has 4 rings (SSSR count). The highest BCUT2D eigenvalue weighted by atomic mass is 35.5. The van der Waals surface area contributed by atoms with E-state index < -0.39 is 21.6 Å². The second-order valence-corrected chi connectivity index (χ2v) is 11.1. The number of anilines is 2. The van der Waals surface area contributed by atoms with E-state index >= 15 is 0 Å². The van der Waals surface area contributed by atoms with Crippen LogP contribution in [0, 0.1) is 5.82 Å². The molecule has 0 aliphatic carbocycles. The van der Waals surface area contributed by atoms with Crippen molar-refractivity contribution in [1.29, 1.82) is 0 Å². The second-order valence-electron chi connectivity index (χ2n) is 7.36. The lowest BCUT2D eigenvalue weighted by Crippen LogP contribution is -2.36. The normalized spacial score (nSPS) is 13.7. The Morgan fingerprint density at radius 1 is 1.27 bits per heavy atom. The lowest BCUT2D eigenvalue weighted by Gasteiger charge is -2.26. The number of benzene rings is 2. The number of hydrogen-bond acceptors (Lipinski definition) is 6. The molecule has 7 nitrogen and oxygen atoms in total. The largest absolute Gasteiger partial charge is 0.307 e. The van der Waals surface area contributed by atoms with Gasteiger partial charge in [0.05, 0.1) is 22.8 Å². The minimum Gasteiger partial charge on any atom is -0.307 e. The Balaban J connectivity index is 1.47. The standard InChI is InChI=1S/C22H19ClFN3O4S2/c1-2-33(30,31)16-7-6-13(17(24)12-16)10-19(28)26-22-25-18-8-9-27(21(29)20(18)32-22)15-5-3-4-14(23)11-15/h3-7,11-12H,2,8-10H2,1H3,(H,25,26,28). The Hall–Kier alpha value is -2.82. The van der Waals surface area contributed by atoms with Gasteiger partial charge in [-0.15, -0.1) is 0 Å². The molecule has 1 aliphatic heterocycles. The number of carbonyl (C=O) groups excluding carboxylic acids is 2. The monoisotopic (exact) mass is 507 g/mol. The smallest absolute Gasteiger partial charge is 0.270 e. The summed E-state index contributed by atoms with van der Waals surface area (Å²) < 4.78 is 38.1. The maximum atomic E-state index is 14.4. The van der Waals surface area contributed by atoms with E-state index in [4.69, 9.17) is 11.6 Å². The molecule has 0 radical (unpaired) electrons. The Morgan fingerprint density at radius 3 is 2.76 bits per heavy atom. The van der Waals surface area contributed by atoms with Crippen molar-refractivity contribution in [3.63, 3.8) is 0 Å². The van der Waals surface area contributed by atoms with Crippen molar-refractivity contribution in [3.8, 4) is 0 Å². The van der Waals surface area contributed by atoms with Crippen LogP contribution >= 0.6 is 22.9 Å². The Kier molecular flexibility index (Phi) is 6.51. The summed E-state index contributed by atoms with van der Waals surface area (Å²) in [5.74, 6) is -1.67. The number of carbonyl (C=O) groups is 2. The van der Waals surface area contributed by atoms with Crippen LogP contribution in [0.5, 0.6) is 0 Å². The van der Waals surface area contributed by atoms with E-state index in [1.54, 1.807) is 29.2 Å². The van der Waals surface area contributed by atoms with Crippen molar-refractivity contribution in [2.75, 3.05) is 22.5 Å². The van der Waals surface area contributed by atoms with Gasteiger partial charge in [-0.3, -0.25) is 9.59 Å². The number of halogens is 2. The number of aromatic nitrogens is 1. The topological polar surface area (TPSA) is 96.4 Å². The Labute approximate surface area is 199 Å². The zero-order valence-corrected chi connectivity index (χ0v) is 19.9. The average molecular weight is 508 g/mol. The van der Waals surface area contributed by atoms with Gasteiger partial charge in [0.1, 0.15) is 10.7 Å². The Bertz CT molecular complexity index is 1360. The molecule has 1 aliphatic rings. The summed E-state index contributed by atoms with van der Waals surface area (Å²) in [5.41, 5.74) is 1.34. The molecular formula is C22H19ClFN3O4S2. The number of thiazole rings is 1. The average Bonchev–Trinajstić information content (AvgIpc) is 3.18. The zero-order chi connectivity index (χ0) is 23.8. The number of fused-ring (bicyclic) bond motifs is 1. The summed E-state index contributed by atoms with van der Waals surface area (Å²) in [6, 6.07) is 10.5. The summed E-state index contributed by atoms with van der Waals surface area (Å²) in [7, 11) is -3.54. The van der Waals surface area contributed by atoms with E-state index in [2.05, 4.69) is 10.3 Å². The van der Waals surface area contributed by atoms with Crippen LogP contribution in [0.4, 0.5) is 15.2 Å². The number of hydrogen-bond donors (Lipinski definition) is 1. The maximum absolute atomic E-state index is 14.4. The molecule has 2 amide bonds. The van der Waals surface area contributed by atoms with Crippen molar-refractivity contribution in [2.45, 2.75) is 24.7 Å². The van der Waals surface area contributed by atoms with Crippen molar-refractivity contribution < 1.29 is 22.4 Å². The predicted molar refractivity (Wildman–Crippen MR) is 125 cm³/mol. The fourth-order valence-corrected chi connectivity index (χ4v) is 5.50. The van der Waals surface area contributed by atoms with Crippen LogP contribution in [-0.4, -0.2) is 37.5 Å². The fourth-order valence-electron chi connectivity index (χ4n) is 3.44. The van der Waals surface area contributed by atoms with Gasteiger partial charge in [-0.1, -0.05) is 42.0 Å². The summed E-state index contributed by atoms with van der Waals surface area (Å²) >= 11 is 7.10. The van der Waals surface area contributed by atoms with Gasteiger partial charge in [0.15, 0.2) is 15.0 Å². The van der Waals surface area contributed by atoms with Gasteiger partial charge in [-0.05, 0) is 35.9 Å². The number of nitrogens with zero attached hydrogens (tertiary/aromatic N) is 2. The molecule has 2 heterocycles. The van der Waals surface area contributed by atoms with Gasteiger partial charge >= 0.3 is 0 Å². The van der Waals surface area contributed by atoms with E-state index in [1.807, 2.05) is 0 Å². The molecular weight excluding hydrogens is 489 g/mol. The SMILES string of the molecule is CCS(=O)(=O)c1ccc(CC(=O)Nc2nc3c(s2)C(=O)N(c2cccc(Cl)c2)CC3)c(F)c1. The quantitative estimate of drug-likeness (QED) is 0.541. The molecule has 0 saturated carbocycles. The minimum atomic E-state index is -3.54. The van der Waals surface area contributed by atoms with Crippen LogP contribution in [0.25, 0.3) is 0 Å². The van der Waals surface area contributed by atoms with Gasteiger partial charge in [0.2, 0.25) is 5.91 Å². The van der Waals surface area contributed by atoms with Crippen LogP contribution in [0.2, 0.25) is 5.02 Å². The van der Waals surface area contributed by atoms with Gasteiger partial charge in [-0.2, -0.15) is 0 Å². The highest BCUT2D eigenvalue weighted by molar-refractivity contribution is 7.91. The predicted octanol–water partition coefficient (Wildman–Crippen LogP) is 4.11. The molecule has 3 aromatic rings. The summed E-state index contributed by atoms with van der Waals surface area (Å²) in [4.78, 5) is 31.7. The molecule has 0 atom stereocenters. The highest BCUT2D eigenvalue weighted by Gasteiger charge is 2.30. The highest BCUT2D eigenvalue weighted by Crippen LogP contribution is 2.31. The summed E-state index contributed by atoms with van der Waals surface area (Å²) in [6.45, 7) is 1.91. The van der Waals surface area contributed by atoms with Crippen LogP contribution < -0.4 is 10.2 Å². The van der Waals surface area contributed by atoms with Crippen molar-refractivity contribution in [3.05, 3.63) is 69.4 Å². The minimum absolute atomic E-state index is 0.0621. The molecule has 33 heavy (non-hydrogen) atoms. The summed E-state index contributed by atoms with van der Waals surface area (Å²) in [5, 5.41) is 3.38. The lowest BCUT2D eigenvalue weighted by molar-refractivity contribution is -0.115. The van der Waals surface area contributed by atoms with Crippen LogP contribution in [0.1, 0.15) is 27.9 Å². The molecule has 1 aromatic heterocycles. The van der Waals surface area contributed by atoms with Crippen LogP contribution in [0.3, 0.4) is 0 Å².